The van der Waals surface area contributed by atoms with Gasteiger partial charge in [0.15, 0.2) is 5.96 Å². The first-order valence-corrected chi connectivity index (χ1v) is 11.0. The molecule has 2 aliphatic rings. The van der Waals surface area contributed by atoms with Gasteiger partial charge in [0.1, 0.15) is 0 Å². The Hall–Kier alpha value is -1.80. The van der Waals surface area contributed by atoms with Crippen molar-refractivity contribution in [2.75, 3.05) is 46.3 Å². The smallest absolute Gasteiger partial charge is 0.357 e. The molecule has 0 aliphatic carbocycles. The molecule has 1 aromatic carbocycles. The van der Waals surface area contributed by atoms with Gasteiger partial charge in [0.05, 0.1) is 5.56 Å². The van der Waals surface area contributed by atoms with E-state index in [0.29, 0.717) is 18.5 Å². The molecule has 3 rings (SSSR count). The van der Waals surface area contributed by atoms with E-state index in [4.69, 9.17) is 4.99 Å². The highest BCUT2D eigenvalue weighted by atomic mass is 19.4. The van der Waals surface area contributed by atoms with E-state index in [1.165, 1.54) is 31.5 Å². The summed E-state index contributed by atoms with van der Waals surface area (Å²) in [5, 5.41) is 6.89. The fourth-order valence-electron chi connectivity index (χ4n) is 4.31. The van der Waals surface area contributed by atoms with Gasteiger partial charge in [-0.25, -0.2) is 0 Å². The second-order valence-corrected chi connectivity index (χ2v) is 8.55. The maximum atomic E-state index is 12.7. The number of hydrogen-bond acceptors (Lipinski definition) is 3. The van der Waals surface area contributed by atoms with E-state index < -0.39 is 11.7 Å². The number of nitrogens with zero attached hydrogens (tertiary/aromatic N) is 3. The lowest BCUT2D eigenvalue weighted by molar-refractivity contribution is -0.137. The first-order chi connectivity index (χ1) is 14.3. The van der Waals surface area contributed by atoms with E-state index in [0.717, 1.165) is 50.7 Å². The van der Waals surface area contributed by atoms with Crippen molar-refractivity contribution >= 4 is 5.96 Å². The van der Waals surface area contributed by atoms with Crippen LogP contribution in [0.25, 0.3) is 0 Å². The summed E-state index contributed by atoms with van der Waals surface area (Å²) in [6.07, 6.45) is -0.812. The monoisotopic (exact) mass is 425 g/mol. The Morgan fingerprint density at radius 1 is 1.13 bits per heavy atom. The zero-order valence-corrected chi connectivity index (χ0v) is 18.0. The minimum Gasteiger partial charge on any atom is -0.357 e. The summed E-state index contributed by atoms with van der Waals surface area (Å²) >= 11 is 0. The van der Waals surface area contributed by atoms with Crippen LogP contribution in [-0.2, 0) is 12.7 Å². The number of halogens is 3. The molecular formula is C22H34F3N5. The maximum absolute atomic E-state index is 12.7. The van der Waals surface area contributed by atoms with E-state index in [1.807, 2.05) is 0 Å². The maximum Gasteiger partial charge on any atom is 0.416 e. The Kier molecular flexibility index (Phi) is 7.99. The van der Waals surface area contributed by atoms with Gasteiger partial charge in [0.25, 0.3) is 0 Å². The average Bonchev–Trinajstić information content (AvgIpc) is 3.13. The largest absolute Gasteiger partial charge is 0.416 e. The molecule has 2 N–H and O–H groups in total. The molecule has 2 unspecified atom stereocenters. The third-order valence-electron chi connectivity index (χ3n) is 5.87. The molecule has 0 aromatic heterocycles. The molecule has 1 aromatic rings. The highest BCUT2D eigenvalue weighted by Gasteiger charge is 2.30. The Balaban J connectivity index is 1.48. The van der Waals surface area contributed by atoms with Crippen molar-refractivity contribution in [1.29, 1.82) is 0 Å². The molecule has 0 bridgehead atoms. The molecule has 2 heterocycles. The van der Waals surface area contributed by atoms with Crippen LogP contribution >= 0.6 is 0 Å². The van der Waals surface area contributed by atoms with Gasteiger partial charge in [0.2, 0.25) is 0 Å². The van der Waals surface area contributed by atoms with Crippen LogP contribution in [-0.4, -0.2) is 68.1 Å². The van der Waals surface area contributed by atoms with Crippen LogP contribution < -0.4 is 10.6 Å². The third-order valence-corrected chi connectivity index (χ3v) is 5.87. The standard InChI is InChI=1S/C22H34F3N5/c1-3-26-21(27-13-18-5-4-11-29(2)14-18)28-20-10-12-30(16-20)15-17-6-8-19(9-7-17)22(23,24)25/h6-9,18,20H,3-5,10-16H2,1-2H3,(H2,26,27,28). The average molecular weight is 426 g/mol. The summed E-state index contributed by atoms with van der Waals surface area (Å²) in [6, 6.07) is 5.79. The SMILES string of the molecule is CCNC(=NCC1CCCN(C)C1)NC1CCN(Cc2ccc(C(F)(F)F)cc2)C1. The predicted molar refractivity (Wildman–Crippen MR) is 114 cm³/mol. The highest BCUT2D eigenvalue weighted by Crippen LogP contribution is 2.29. The topological polar surface area (TPSA) is 42.9 Å². The first-order valence-electron chi connectivity index (χ1n) is 11.0. The lowest BCUT2D eigenvalue weighted by Crippen LogP contribution is -2.45. The predicted octanol–water partition coefficient (Wildman–Crippen LogP) is 3.18. The molecule has 2 saturated heterocycles. The van der Waals surface area contributed by atoms with Crippen LogP contribution in [0.1, 0.15) is 37.3 Å². The summed E-state index contributed by atoms with van der Waals surface area (Å²) in [5.74, 6) is 1.48. The lowest BCUT2D eigenvalue weighted by atomic mass is 9.99. The number of nitrogens with one attached hydrogen (secondary N) is 2. The fourth-order valence-corrected chi connectivity index (χ4v) is 4.31. The van der Waals surface area contributed by atoms with Crippen LogP contribution in [0, 0.1) is 5.92 Å². The summed E-state index contributed by atoms with van der Waals surface area (Å²) < 4.78 is 38.2. The van der Waals surface area contributed by atoms with Crippen molar-refractivity contribution in [3.63, 3.8) is 0 Å². The van der Waals surface area contributed by atoms with Gasteiger partial charge in [-0.2, -0.15) is 13.2 Å². The van der Waals surface area contributed by atoms with Crippen molar-refractivity contribution < 1.29 is 13.2 Å². The molecule has 5 nitrogen and oxygen atoms in total. The van der Waals surface area contributed by atoms with Gasteiger partial charge >= 0.3 is 6.18 Å². The van der Waals surface area contributed by atoms with E-state index in [1.54, 1.807) is 12.1 Å². The zero-order chi connectivity index (χ0) is 21.6. The van der Waals surface area contributed by atoms with Crippen LogP contribution in [0.3, 0.4) is 0 Å². The van der Waals surface area contributed by atoms with Gasteiger partial charge < -0.3 is 15.5 Å². The third kappa shape index (κ3) is 6.87. The van der Waals surface area contributed by atoms with Gasteiger partial charge in [-0.3, -0.25) is 9.89 Å². The van der Waals surface area contributed by atoms with E-state index >= 15 is 0 Å². The molecule has 0 saturated carbocycles. The number of aliphatic imine (C=N–C) groups is 1. The van der Waals surface area contributed by atoms with Gasteiger partial charge in [-0.05, 0) is 63.4 Å². The first kappa shape index (κ1) is 22.9. The molecule has 2 atom stereocenters. The van der Waals surface area contributed by atoms with Gasteiger partial charge in [-0.15, -0.1) is 0 Å². The number of rotatable bonds is 6. The van der Waals surface area contributed by atoms with Crippen molar-refractivity contribution in [2.45, 2.75) is 44.9 Å². The highest BCUT2D eigenvalue weighted by molar-refractivity contribution is 5.80. The quantitative estimate of drug-likeness (QED) is 0.543. The van der Waals surface area contributed by atoms with E-state index in [9.17, 15) is 13.2 Å². The van der Waals surface area contributed by atoms with Crippen molar-refractivity contribution in [1.82, 2.24) is 20.4 Å². The molecular weight excluding hydrogens is 391 g/mol. The Labute approximate surface area is 177 Å². The van der Waals surface area contributed by atoms with Crippen LogP contribution in [0.5, 0.6) is 0 Å². The molecule has 0 amide bonds. The van der Waals surface area contributed by atoms with E-state index in [-0.39, 0.29) is 0 Å². The summed E-state index contributed by atoms with van der Waals surface area (Å²) in [6.45, 7) is 8.45. The molecule has 0 spiro atoms. The number of hydrogen-bond donors (Lipinski definition) is 2. The fraction of sp³-hybridized carbons (Fsp3) is 0.682. The molecule has 0 radical (unpaired) electrons. The van der Waals surface area contributed by atoms with Gasteiger partial charge in [0, 0.05) is 45.3 Å². The minimum absolute atomic E-state index is 0.297. The Bertz CT molecular complexity index is 689. The van der Waals surface area contributed by atoms with E-state index in [2.05, 4.69) is 34.4 Å². The molecule has 2 aliphatic heterocycles. The summed E-state index contributed by atoms with van der Waals surface area (Å²) in [5.41, 5.74) is 0.313. The number of benzene rings is 1. The Morgan fingerprint density at radius 3 is 2.57 bits per heavy atom. The van der Waals surface area contributed by atoms with Crippen molar-refractivity contribution in [2.24, 2.45) is 10.9 Å². The molecule has 2 fully saturated rings. The second kappa shape index (κ2) is 10.5. The van der Waals surface area contributed by atoms with Gasteiger partial charge in [-0.1, -0.05) is 12.1 Å². The zero-order valence-electron chi connectivity index (χ0n) is 18.0. The lowest BCUT2D eigenvalue weighted by Gasteiger charge is -2.29. The number of piperidine rings is 1. The van der Waals surface area contributed by atoms with Crippen LogP contribution in [0.4, 0.5) is 13.2 Å². The number of guanidine groups is 1. The molecule has 30 heavy (non-hydrogen) atoms. The summed E-state index contributed by atoms with van der Waals surface area (Å²) in [4.78, 5) is 9.47. The second-order valence-electron chi connectivity index (χ2n) is 8.55. The van der Waals surface area contributed by atoms with Crippen molar-refractivity contribution in [3.05, 3.63) is 35.4 Å². The van der Waals surface area contributed by atoms with Crippen LogP contribution in [0.2, 0.25) is 0 Å². The minimum atomic E-state index is -4.28. The normalized spacial score (nSPS) is 24.2. The number of likely N-dealkylation sites (tertiary alicyclic amines) is 2. The van der Waals surface area contributed by atoms with Crippen molar-refractivity contribution in [3.8, 4) is 0 Å². The van der Waals surface area contributed by atoms with Crippen LogP contribution in [0.15, 0.2) is 29.3 Å². The molecule has 8 heteroatoms. The Morgan fingerprint density at radius 2 is 1.90 bits per heavy atom. The number of alkyl halides is 3. The molecule has 168 valence electrons. The summed E-state index contributed by atoms with van der Waals surface area (Å²) in [7, 11) is 2.17.